The molecule has 1 aliphatic rings. The molecule has 0 spiro atoms. The topological polar surface area (TPSA) is 29.1 Å². The SMILES string of the molecule is CC(C)[C@@H](C)NC(=O)C1CC1(C)C. The highest BCUT2D eigenvalue weighted by atomic mass is 16.2. The summed E-state index contributed by atoms with van der Waals surface area (Å²) in [5, 5.41) is 3.06. The van der Waals surface area contributed by atoms with Crippen molar-refractivity contribution in [2.75, 3.05) is 0 Å². The van der Waals surface area contributed by atoms with Gasteiger partial charge in [0.25, 0.3) is 0 Å². The number of nitrogens with one attached hydrogen (secondary N) is 1. The van der Waals surface area contributed by atoms with Gasteiger partial charge < -0.3 is 5.32 Å². The van der Waals surface area contributed by atoms with Crippen molar-refractivity contribution in [3.63, 3.8) is 0 Å². The largest absolute Gasteiger partial charge is 0.353 e. The van der Waals surface area contributed by atoms with Crippen LogP contribution in [0.4, 0.5) is 0 Å². The van der Waals surface area contributed by atoms with Crippen molar-refractivity contribution < 1.29 is 4.79 Å². The first-order chi connectivity index (χ1) is 5.84. The third kappa shape index (κ3) is 2.45. The molecule has 0 aromatic carbocycles. The van der Waals surface area contributed by atoms with Crippen molar-refractivity contribution in [1.82, 2.24) is 5.32 Å². The van der Waals surface area contributed by atoms with Crippen LogP contribution >= 0.6 is 0 Å². The predicted octanol–water partition coefficient (Wildman–Crippen LogP) is 2.19. The van der Waals surface area contributed by atoms with E-state index in [-0.39, 0.29) is 17.2 Å². The van der Waals surface area contributed by atoms with Gasteiger partial charge in [-0.2, -0.15) is 0 Å². The van der Waals surface area contributed by atoms with Gasteiger partial charge in [0.1, 0.15) is 0 Å². The molecule has 1 saturated carbocycles. The van der Waals surface area contributed by atoms with E-state index in [4.69, 9.17) is 0 Å². The van der Waals surface area contributed by atoms with E-state index in [1.165, 1.54) is 0 Å². The molecule has 1 fully saturated rings. The quantitative estimate of drug-likeness (QED) is 0.714. The van der Waals surface area contributed by atoms with Crippen LogP contribution in [-0.4, -0.2) is 11.9 Å². The first-order valence-corrected chi connectivity index (χ1v) is 5.15. The van der Waals surface area contributed by atoms with E-state index in [2.05, 4.69) is 39.9 Å². The second kappa shape index (κ2) is 3.32. The summed E-state index contributed by atoms with van der Waals surface area (Å²) < 4.78 is 0. The summed E-state index contributed by atoms with van der Waals surface area (Å²) >= 11 is 0. The zero-order valence-electron chi connectivity index (χ0n) is 9.35. The van der Waals surface area contributed by atoms with E-state index in [9.17, 15) is 4.79 Å². The Kier molecular flexibility index (Phi) is 2.69. The fraction of sp³-hybridized carbons (Fsp3) is 0.909. The van der Waals surface area contributed by atoms with E-state index in [1.807, 2.05) is 0 Å². The molecule has 1 unspecified atom stereocenters. The Labute approximate surface area is 81.1 Å². The van der Waals surface area contributed by atoms with Crippen LogP contribution in [0.3, 0.4) is 0 Å². The molecule has 0 aromatic rings. The van der Waals surface area contributed by atoms with Crippen LogP contribution in [0, 0.1) is 17.3 Å². The lowest BCUT2D eigenvalue weighted by molar-refractivity contribution is -0.123. The molecule has 1 N–H and O–H groups in total. The summed E-state index contributed by atoms with van der Waals surface area (Å²) in [7, 11) is 0. The average Bonchev–Trinajstić information content (AvgIpc) is 2.59. The lowest BCUT2D eigenvalue weighted by atomic mass is 10.1. The third-order valence-corrected chi connectivity index (χ3v) is 3.20. The van der Waals surface area contributed by atoms with Gasteiger partial charge >= 0.3 is 0 Å². The van der Waals surface area contributed by atoms with Crippen molar-refractivity contribution in [1.29, 1.82) is 0 Å². The normalized spacial score (nSPS) is 27.1. The monoisotopic (exact) mass is 183 g/mol. The minimum Gasteiger partial charge on any atom is -0.353 e. The summed E-state index contributed by atoms with van der Waals surface area (Å²) in [5.74, 6) is 1.02. The molecule has 2 nitrogen and oxygen atoms in total. The molecule has 1 rings (SSSR count). The van der Waals surface area contributed by atoms with Crippen molar-refractivity contribution in [2.45, 2.75) is 47.1 Å². The molecule has 2 heteroatoms. The van der Waals surface area contributed by atoms with E-state index >= 15 is 0 Å². The van der Waals surface area contributed by atoms with Crippen LogP contribution in [0.5, 0.6) is 0 Å². The number of hydrogen-bond donors (Lipinski definition) is 1. The lowest BCUT2D eigenvalue weighted by Crippen LogP contribution is -2.37. The molecular weight excluding hydrogens is 162 g/mol. The van der Waals surface area contributed by atoms with Crippen LogP contribution in [-0.2, 0) is 4.79 Å². The van der Waals surface area contributed by atoms with Gasteiger partial charge in [0.15, 0.2) is 0 Å². The Balaban J connectivity index is 2.35. The first kappa shape index (κ1) is 10.6. The third-order valence-electron chi connectivity index (χ3n) is 3.20. The number of hydrogen-bond acceptors (Lipinski definition) is 1. The molecule has 0 bridgehead atoms. The summed E-state index contributed by atoms with van der Waals surface area (Å²) in [5.41, 5.74) is 0.251. The van der Waals surface area contributed by atoms with Gasteiger partial charge in [-0.3, -0.25) is 4.79 Å². The molecule has 0 radical (unpaired) electrons. The highest BCUT2D eigenvalue weighted by Gasteiger charge is 2.50. The fourth-order valence-electron chi connectivity index (χ4n) is 1.41. The zero-order valence-corrected chi connectivity index (χ0v) is 9.35. The van der Waals surface area contributed by atoms with Crippen molar-refractivity contribution in [3.8, 4) is 0 Å². The van der Waals surface area contributed by atoms with Gasteiger partial charge in [-0.1, -0.05) is 27.7 Å². The van der Waals surface area contributed by atoms with Crippen molar-refractivity contribution in [3.05, 3.63) is 0 Å². The van der Waals surface area contributed by atoms with E-state index in [0.717, 1.165) is 6.42 Å². The highest BCUT2D eigenvalue weighted by molar-refractivity contribution is 5.82. The van der Waals surface area contributed by atoms with Crippen LogP contribution < -0.4 is 5.32 Å². The maximum atomic E-state index is 11.6. The van der Waals surface area contributed by atoms with E-state index in [1.54, 1.807) is 0 Å². The minimum absolute atomic E-state index is 0.242. The van der Waals surface area contributed by atoms with Gasteiger partial charge in [-0.05, 0) is 24.7 Å². The molecule has 0 aromatic heterocycles. The molecule has 0 saturated heterocycles. The molecule has 13 heavy (non-hydrogen) atoms. The summed E-state index contributed by atoms with van der Waals surface area (Å²) in [6.45, 7) is 10.6. The van der Waals surface area contributed by atoms with E-state index in [0.29, 0.717) is 12.0 Å². The van der Waals surface area contributed by atoms with Crippen LogP contribution in [0.15, 0.2) is 0 Å². The number of amides is 1. The van der Waals surface area contributed by atoms with Gasteiger partial charge in [0.2, 0.25) is 5.91 Å². The number of carbonyl (C=O) groups excluding carboxylic acids is 1. The van der Waals surface area contributed by atoms with Gasteiger partial charge in [-0.25, -0.2) is 0 Å². The molecule has 0 heterocycles. The highest BCUT2D eigenvalue weighted by Crippen LogP contribution is 2.51. The average molecular weight is 183 g/mol. The maximum Gasteiger partial charge on any atom is 0.223 e. The van der Waals surface area contributed by atoms with Gasteiger partial charge in [0, 0.05) is 12.0 Å². The van der Waals surface area contributed by atoms with Crippen molar-refractivity contribution in [2.24, 2.45) is 17.3 Å². The molecule has 0 aliphatic heterocycles. The predicted molar refractivity (Wildman–Crippen MR) is 54.3 cm³/mol. The van der Waals surface area contributed by atoms with Crippen molar-refractivity contribution >= 4 is 5.91 Å². The Morgan fingerprint density at radius 2 is 1.85 bits per heavy atom. The Bertz CT molecular complexity index is 208. The minimum atomic E-state index is 0.242. The molecular formula is C11H21NO. The van der Waals surface area contributed by atoms with E-state index < -0.39 is 0 Å². The first-order valence-electron chi connectivity index (χ1n) is 5.15. The summed E-state index contributed by atoms with van der Waals surface area (Å²) in [6.07, 6.45) is 1.05. The molecule has 1 aliphatic carbocycles. The Morgan fingerprint density at radius 1 is 1.38 bits per heavy atom. The van der Waals surface area contributed by atoms with Crippen LogP contribution in [0.1, 0.15) is 41.0 Å². The summed E-state index contributed by atoms with van der Waals surface area (Å²) in [4.78, 5) is 11.6. The van der Waals surface area contributed by atoms with Gasteiger partial charge in [-0.15, -0.1) is 0 Å². The Morgan fingerprint density at radius 3 is 2.15 bits per heavy atom. The van der Waals surface area contributed by atoms with Crippen LogP contribution in [0.2, 0.25) is 0 Å². The molecule has 1 amide bonds. The molecule has 76 valence electrons. The second-order valence-corrected chi connectivity index (χ2v) is 5.29. The number of carbonyl (C=O) groups is 1. The zero-order chi connectivity index (χ0) is 10.2. The Hall–Kier alpha value is -0.530. The second-order valence-electron chi connectivity index (χ2n) is 5.29. The maximum absolute atomic E-state index is 11.6. The smallest absolute Gasteiger partial charge is 0.223 e. The fourth-order valence-corrected chi connectivity index (χ4v) is 1.41. The standard InChI is InChI=1S/C11H21NO/c1-7(2)8(3)12-10(13)9-6-11(9,4)5/h7-9H,6H2,1-5H3,(H,12,13)/t8-,9?/m1/s1. The van der Waals surface area contributed by atoms with Gasteiger partial charge in [0.05, 0.1) is 0 Å². The molecule has 2 atom stereocenters. The summed E-state index contributed by atoms with van der Waals surface area (Å²) in [6, 6.07) is 0.295. The lowest BCUT2D eigenvalue weighted by Gasteiger charge is -2.17. The number of rotatable bonds is 3. The van der Waals surface area contributed by atoms with Crippen LogP contribution in [0.25, 0.3) is 0 Å².